The maximum absolute atomic E-state index is 13.4. The average Bonchev–Trinajstić information content (AvgIpc) is 2.69. The summed E-state index contributed by atoms with van der Waals surface area (Å²) in [5.41, 5.74) is 2.02. The third-order valence-corrected chi connectivity index (χ3v) is 5.75. The second-order valence-corrected chi connectivity index (χ2v) is 7.47. The van der Waals surface area contributed by atoms with Gasteiger partial charge in [0.2, 0.25) is 5.91 Å². The van der Waals surface area contributed by atoms with Crippen molar-refractivity contribution in [2.45, 2.75) is 38.8 Å². The molecule has 2 amide bonds. The Bertz CT molecular complexity index is 672. The molecule has 2 unspecified atom stereocenters. The van der Waals surface area contributed by atoms with Gasteiger partial charge in [-0.15, -0.1) is 0 Å². The molecule has 1 aromatic carbocycles. The van der Waals surface area contributed by atoms with Crippen LogP contribution in [0.4, 0.5) is 0 Å². The van der Waals surface area contributed by atoms with E-state index in [4.69, 9.17) is 9.47 Å². The zero-order valence-corrected chi connectivity index (χ0v) is 16.5. The Balaban J connectivity index is 1.83. The van der Waals surface area contributed by atoms with Crippen molar-refractivity contribution < 1.29 is 19.1 Å². The van der Waals surface area contributed by atoms with Crippen LogP contribution in [-0.4, -0.2) is 67.7 Å². The summed E-state index contributed by atoms with van der Waals surface area (Å²) in [6.07, 6.45) is 1.29. The smallest absolute Gasteiger partial charge is 0.254 e. The van der Waals surface area contributed by atoms with E-state index in [1.54, 1.807) is 11.9 Å². The normalized spacial score (nSPS) is 24.1. The SMILES string of the molecule is CCN(CC1CCOCC1)C(=O)C1OCC(=O)N(C)C1c1ccccc1C. The molecule has 2 aliphatic heterocycles. The van der Waals surface area contributed by atoms with Gasteiger partial charge in [-0.1, -0.05) is 24.3 Å². The van der Waals surface area contributed by atoms with Gasteiger partial charge in [0, 0.05) is 33.4 Å². The Kier molecular flexibility index (Phi) is 6.50. The second kappa shape index (κ2) is 8.85. The highest BCUT2D eigenvalue weighted by molar-refractivity contribution is 5.86. The van der Waals surface area contributed by atoms with Crippen molar-refractivity contribution in [3.05, 3.63) is 35.4 Å². The largest absolute Gasteiger partial charge is 0.381 e. The molecule has 0 spiro atoms. The van der Waals surface area contributed by atoms with E-state index in [-0.39, 0.29) is 18.4 Å². The van der Waals surface area contributed by atoms with E-state index in [0.29, 0.717) is 12.5 Å². The molecule has 148 valence electrons. The number of benzene rings is 1. The number of carbonyl (C=O) groups excluding carboxylic acids is 2. The van der Waals surface area contributed by atoms with E-state index in [1.165, 1.54) is 0 Å². The fraction of sp³-hybridized carbons (Fsp3) is 0.619. The van der Waals surface area contributed by atoms with Gasteiger partial charge < -0.3 is 19.3 Å². The van der Waals surface area contributed by atoms with Crippen LogP contribution in [0.5, 0.6) is 0 Å². The number of hydrogen-bond acceptors (Lipinski definition) is 4. The van der Waals surface area contributed by atoms with E-state index >= 15 is 0 Å². The van der Waals surface area contributed by atoms with E-state index in [9.17, 15) is 9.59 Å². The van der Waals surface area contributed by atoms with Crippen LogP contribution in [0.3, 0.4) is 0 Å². The van der Waals surface area contributed by atoms with Crippen LogP contribution in [0.1, 0.15) is 36.9 Å². The Hall–Kier alpha value is -1.92. The minimum atomic E-state index is -0.673. The molecule has 0 saturated carbocycles. The van der Waals surface area contributed by atoms with E-state index < -0.39 is 12.1 Å². The molecule has 0 aromatic heterocycles. The minimum Gasteiger partial charge on any atom is -0.381 e. The Morgan fingerprint density at radius 3 is 2.63 bits per heavy atom. The number of carbonyl (C=O) groups is 2. The van der Waals surface area contributed by atoms with E-state index in [0.717, 1.165) is 43.7 Å². The molecule has 2 fully saturated rings. The predicted octanol–water partition coefficient (Wildman–Crippen LogP) is 2.17. The van der Waals surface area contributed by atoms with Crippen LogP contribution < -0.4 is 0 Å². The van der Waals surface area contributed by atoms with Gasteiger partial charge in [0.25, 0.3) is 5.91 Å². The Morgan fingerprint density at radius 2 is 1.96 bits per heavy atom. The molecule has 0 aliphatic carbocycles. The number of ether oxygens (including phenoxy) is 2. The highest BCUT2D eigenvalue weighted by Crippen LogP contribution is 2.32. The van der Waals surface area contributed by atoms with Gasteiger partial charge in [-0.3, -0.25) is 9.59 Å². The van der Waals surface area contributed by atoms with Gasteiger partial charge >= 0.3 is 0 Å². The third kappa shape index (κ3) is 4.33. The molecule has 2 saturated heterocycles. The van der Waals surface area contributed by atoms with Crippen LogP contribution >= 0.6 is 0 Å². The first-order valence-electron chi connectivity index (χ1n) is 9.82. The summed E-state index contributed by atoms with van der Waals surface area (Å²) in [4.78, 5) is 29.2. The molecule has 0 N–H and O–H groups in total. The number of nitrogens with zero attached hydrogens (tertiary/aromatic N) is 2. The molecule has 2 heterocycles. The highest BCUT2D eigenvalue weighted by atomic mass is 16.5. The van der Waals surface area contributed by atoms with Crippen molar-refractivity contribution >= 4 is 11.8 Å². The van der Waals surface area contributed by atoms with Crippen LogP contribution in [0.2, 0.25) is 0 Å². The summed E-state index contributed by atoms with van der Waals surface area (Å²) in [7, 11) is 1.76. The molecule has 6 nitrogen and oxygen atoms in total. The Labute approximate surface area is 161 Å². The van der Waals surface area contributed by atoms with Crippen LogP contribution in [0, 0.1) is 12.8 Å². The second-order valence-electron chi connectivity index (χ2n) is 7.47. The molecule has 2 atom stereocenters. The topological polar surface area (TPSA) is 59.1 Å². The minimum absolute atomic E-state index is 0.0309. The van der Waals surface area contributed by atoms with Gasteiger partial charge in [0.15, 0.2) is 6.10 Å². The van der Waals surface area contributed by atoms with E-state index in [2.05, 4.69) is 0 Å². The fourth-order valence-corrected chi connectivity index (χ4v) is 4.00. The lowest BCUT2D eigenvalue weighted by Gasteiger charge is -2.41. The van der Waals surface area contributed by atoms with Crippen LogP contribution in [-0.2, 0) is 19.1 Å². The van der Waals surface area contributed by atoms with Crippen molar-refractivity contribution in [1.82, 2.24) is 9.80 Å². The molecular weight excluding hydrogens is 344 g/mol. The van der Waals surface area contributed by atoms with Crippen molar-refractivity contribution in [1.29, 1.82) is 0 Å². The average molecular weight is 374 g/mol. The monoisotopic (exact) mass is 374 g/mol. The molecular formula is C21H30N2O4. The maximum atomic E-state index is 13.4. The lowest BCUT2D eigenvalue weighted by Crippen LogP contribution is -2.54. The third-order valence-electron chi connectivity index (χ3n) is 5.75. The quantitative estimate of drug-likeness (QED) is 0.793. The van der Waals surface area contributed by atoms with Gasteiger partial charge in [-0.2, -0.15) is 0 Å². The molecule has 3 rings (SSSR count). The molecule has 0 radical (unpaired) electrons. The number of aryl methyl sites for hydroxylation is 1. The van der Waals surface area contributed by atoms with Crippen molar-refractivity contribution in [2.24, 2.45) is 5.92 Å². The lowest BCUT2D eigenvalue weighted by atomic mass is 9.93. The van der Waals surface area contributed by atoms with Gasteiger partial charge in [0.1, 0.15) is 6.61 Å². The summed E-state index contributed by atoms with van der Waals surface area (Å²) in [5, 5.41) is 0. The van der Waals surface area contributed by atoms with Crippen molar-refractivity contribution in [3.63, 3.8) is 0 Å². The van der Waals surface area contributed by atoms with Gasteiger partial charge in [-0.25, -0.2) is 0 Å². The van der Waals surface area contributed by atoms with Crippen LogP contribution in [0.25, 0.3) is 0 Å². The first kappa shape index (κ1) is 19.8. The zero-order valence-electron chi connectivity index (χ0n) is 16.5. The number of amides is 2. The first-order valence-corrected chi connectivity index (χ1v) is 9.82. The standard InChI is InChI=1S/C21H30N2O4/c1-4-23(13-16-9-11-26-12-10-16)21(25)20-19(22(3)18(24)14-27-20)17-8-6-5-7-15(17)2/h5-8,16,19-20H,4,9-14H2,1-3H3. The maximum Gasteiger partial charge on any atom is 0.254 e. The van der Waals surface area contributed by atoms with Crippen LogP contribution in [0.15, 0.2) is 24.3 Å². The molecule has 6 heteroatoms. The Morgan fingerprint density at radius 1 is 1.26 bits per heavy atom. The van der Waals surface area contributed by atoms with Crippen molar-refractivity contribution in [2.75, 3.05) is 40.0 Å². The zero-order chi connectivity index (χ0) is 19.4. The van der Waals surface area contributed by atoms with Gasteiger partial charge in [-0.05, 0) is 43.7 Å². The number of likely N-dealkylation sites (N-methyl/N-ethyl adjacent to an activating group) is 2. The molecule has 27 heavy (non-hydrogen) atoms. The highest BCUT2D eigenvalue weighted by Gasteiger charge is 2.42. The lowest BCUT2D eigenvalue weighted by molar-refractivity contribution is -0.168. The summed E-state index contributed by atoms with van der Waals surface area (Å²) >= 11 is 0. The molecule has 2 aliphatic rings. The van der Waals surface area contributed by atoms with Gasteiger partial charge in [0.05, 0.1) is 6.04 Å². The summed E-state index contributed by atoms with van der Waals surface area (Å²) in [5.74, 6) is 0.332. The summed E-state index contributed by atoms with van der Waals surface area (Å²) < 4.78 is 11.2. The predicted molar refractivity (Wildman–Crippen MR) is 102 cm³/mol. The summed E-state index contributed by atoms with van der Waals surface area (Å²) in [6, 6.07) is 7.49. The van der Waals surface area contributed by atoms with Crippen molar-refractivity contribution in [3.8, 4) is 0 Å². The number of rotatable bonds is 5. The molecule has 0 bridgehead atoms. The number of hydrogen-bond donors (Lipinski definition) is 0. The fourth-order valence-electron chi connectivity index (χ4n) is 4.00. The summed E-state index contributed by atoms with van der Waals surface area (Å²) in [6.45, 7) is 6.83. The number of morpholine rings is 1. The first-order chi connectivity index (χ1) is 13.0. The molecule has 1 aromatic rings. The van der Waals surface area contributed by atoms with E-state index in [1.807, 2.05) is 43.0 Å².